The van der Waals surface area contributed by atoms with Crippen LogP contribution in [0.15, 0.2) is 64.0 Å². The van der Waals surface area contributed by atoms with E-state index in [0.29, 0.717) is 37.7 Å². The average molecular weight is 465 g/mol. The predicted molar refractivity (Wildman–Crippen MR) is 123 cm³/mol. The molecule has 160 valence electrons. The van der Waals surface area contributed by atoms with E-state index in [2.05, 4.69) is 20.4 Å². The first-order chi connectivity index (χ1) is 15.3. The van der Waals surface area contributed by atoms with Crippen LogP contribution in [-0.4, -0.2) is 35.7 Å². The molecule has 0 bridgehead atoms. The molecule has 0 aliphatic heterocycles. The van der Waals surface area contributed by atoms with Gasteiger partial charge in [0.25, 0.3) is 11.6 Å². The number of nitrogens with zero attached hydrogens (tertiary/aromatic N) is 3. The van der Waals surface area contributed by atoms with Crippen molar-refractivity contribution < 1.29 is 17.7 Å². The van der Waals surface area contributed by atoms with Gasteiger partial charge in [-0.15, -0.1) is 0 Å². The summed E-state index contributed by atoms with van der Waals surface area (Å²) >= 11 is 1.20. The van der Waals surface area contributed by atoms with Crippen molar-refractivity contribution in [3.8, 4) is 11.3 Å². The van der Waals surface area contributed by atoms with Gasteiger partial charge in [-0.25, -0.2) is 18.4 Å². The van der Waals surface area contributed by atoms with E-state index < -0.39 is 9.84 Å². The molecule has 0 atom stereocenters. The number of aryl methyl sites for hydroxylation is 1. The Labute approximate surface area is 186 Å². The summed E-state index contributed by atoms with van der Waals surface area (Å²) in [7, 11) is -3.34. The Hall–Kier alpha value is -3.63. The molecule has 5 aromatic rings. The van der Waals surface area contributed by atoms with Crippen molar-refractivity contribution in [2.75, 3.05) is 11.6 Å². The van der Waals surface area contributed by atoms with Crippen LogP contribution in [0, 0.1) is 6.92 Å². The van der Waals surface area contributed by atoms with Gasteiger partial charge in [-0.3, -0.25) is 10.1 Å². The van der Waals surface area contributed by atoms with Crippen molar-refractivity contribution in [3.05, 3.63) is 65.9 Å². The zero-order chi connectivity index (χ0) is 22.5. The van der Waals surface area contributed by atoms with Crippen LogP contribution in [0.25, 0.3) is 32.6 Å². The van der Waals surface area contributed by atoms with Crippen LogP contribution < -0.4 is 5.32 Å². The maximum absolute atomic E-state index is 13.2. The van der Waals surface area contributed by atoms with Crippen molar-refractivity contribution in [3.63, 3.8) is 0 Å². The van der Waals surface area contributed by atoms with Gasteiger partial charge < -0.3 is 4.52 Å². The third kappa shape index (κ3) is 3.63. The molecule has 10 heteroatoms. The highest BCUT2D eigenvalue weighted by Crippen LogP contribution is 2.31. The summed E-state index contributed by atoms with van der Waals surface area (Å²) in [5, 5.41) is 7.66. The third-order valence-electron chi connectivity index (χ3n) is 4.94. The smallest absolute Gasteiger partial charge is 0.259 e. The van der Waals surface area contributed by atoms with Crippen molar-refractivity contribution in [1.82, 2.24) is 15.1 Å². The molecule has 3 aromatic heterocycles. The predicted octanol–water partition coefficient (Wildman–Crippen LogP) is 4.46. The van der Waals surface area contributed by atoms with Crippen LogP contribution in [0.2, 0.25) is 0 Å². The molecule has 0 aliphatic carbocycles. The SMILES string of the molecule is Cc1noc2nc(-c3ccccc3)cc(C(=O)Nc3nc4ccc(S(C)(=O)=O)cc4s3)c12. The molecule has 0 unspecified atom stereocenters. The summed E-state index contributed by atoms with van der Waals surface area (Å²) in [4.78, 5) is 22.3. The fourth-order valence-electron chi connectivity index (χ4n) is 3.38. The van der Waals surface area contributed by atoms with Crippen LogP contribution >= 0.6 is 11.3 Å². The summed E-state index contributed by atoms with van der Waals surface area (Å²) in [6, 6.07) is 15.8. The first-order valence-electron chi connectivity index (χ1n) is 9.54. The number of thiazole rings is 1. The number of carbonyl (C=O) groups is 1. The van der Waals surface area contributed by atoms with Gasteiger partial charge in [0.2, 0.25) is 0 Å². The lowest BCUT2D eigenvalue weighted by atomic mass is 10.1. The number of benzene rings is 2. The van der Waals surface area contributed by atoms with E-state index in [-0.39, 0.29) is 16.5 Å². The lowest BCUT2D eigenvalue weighted by Gasteiger charge is -2.06. The van der Waals surface area contributed by atoms with Crippen LogP contribution in [-0.2, 0) is 9.84 Å². The molecule has 0 saturated heterocycles. The first kappa shape index (κ1) is 20.3. The van der Waals surface area contributed by atoms with E-state index in [9.17, 15) is 13.2 Å². The number of nitrogens with one attached hydrogen (secondary N) is 1. The van der Waals surface area contributed by atoms with Gasteiger partial charge in [-0.1, -0.05) is 46.8 Å². The number of anilines is 1. The van der Waals surface area contributed by atoms with Crippen LogP contribution in [0.1, 0.15) is 16.1 Å². The highest BCUT2D eigenvalue weighted by molar-refractivity contribution is 7.90. The summed E-state index contributed by atoms with van der Waals surface area (Å²) in [5.41, 5.74) is 3.22. The Morgan fingerprint density at radius 3 is 2.59 bits per heavy atom. The van der Waals surface area contributed by atoms with Gasteiger partial charge in [-0.2, -0.15) is 0 Å². The van der Waals surface area contributed by atoms with Gasteiger partial charge in [0.1, 0.15) is 0 Å². The number of hydrogen-bond acceptors (Lipinski definition) is 8. The largest absolute Gasteiger partial charge is 0.335 e. The fourth-order valence-corrected chi connectivity index (χ4v) is 5.01. The minimum atomic E-state index is -3.34. The second-order valence-corrected chi connectivity index (χ2v) is 10.3. The van der Waals surface area contributed by atoms with Crippen LogP contribution in [0.5, 0.6) is 0 Å². The van der Waals surface area contributed by atoms with E-state index in [1.54, 1.807) is 25.1 Å². The molecule has 0 spiro atoms. The van der Waals surface area contributed by atoms with Crippen LogP contribution in [0.3, 0.4) is 0 Å². The number of aromatic nitrogens is 3. The maximum Gasteiger partial charge on any atom is 0.259 e. The monoisotopic (exact) mass is 464 g/mol. The summed E-state index contributed by atoms with van der Waals surface area (Å²) in [6.07, 6.45) is 1.15. The Bertz CT molecular complexity index is 1610. The van der Waals surface area contributed by atoms with E-state index in [1.807, 2.05) is 30.3 Å². The van der Waals surface area contributed by atoms with E-state index in [0.717, 1.165) is 11.8 Å². The first-order valence-corrected chi connectivity index (χ1v) is 12.2. The minimum Gasteiger partial charge on any atom is -0.335 e. The Morgan fingerprint density at radius 1 is 1.06 bits per heavy atom. The number of rotatable bonds is 4. The highest BCUT2D eigenvalue weighted by Gasteiger charge is 2.21. The zero-order valence-electron chi connectivity index (χ0n) is 17.0. The zero-order valence-corrected chi connectivity index (χ0v) is 18.6. The summed E-state index contributed by atoms with van der Waals surface area (Å²) < 4.78 is 29.6. The van der Waals surface area contributed by atoms with Crippen molar-refractivity contribution >= 4 is 53.5 Å². The summed E-state index contributed by atoms with van der Waals surface area (Å²) in [5.74, 6) is -0.386. The lowest BCUT2D eigenvalue weighted by molar-refractivity contribution is 0.102. The molecule has 0 radical (unpaired) electrons. The van der Waals surface area contributed by atoms with Gasteiger partial charge >= 0.3 is 0 Å². The van der Waals surface area contributed by atoms with E-state index in [4.69, 9.17) is 4.52 Å². The quantitative estimate of drug-likeness (QED) is 0.417. The molecule has 32 heavy (non-hydrogen) atoms. The standard InChI is InChI=1S/C22H16N4O4S2/c1-12-19-15(11-17(23-21(19)30-26-12)13-6-4-3-5-7-13)20(27)25-22-24-16-9-8-14(32(2,28)29)10-18(16)31-22/h3-11H,1-2H3,(H,24,25,27). The molecule has 5 rings (SSSR count). The molecule has 0 aliphatic rings. The number of amides is 1. The molecular formula is C22H16N4O4S2. The maximum atomic E-state index is 13.2. The van der Waals surface area contributed by atoms with Crippen molar-refractivity contribution in [1.29, 1.82) is 0 Å². The van der Waals surface area contributed by atoms with Crippen LogP contribution in [0.4, 0.5) is 5.13 Å². The van der Waals surface area contributed by atoms with Gasteiger partial charge in [0.15, 0.2) is 15.0 Å². The van der Waals surface area contributed by atoms with E-state index >= 15 is 0 Å². The Kier molecular flexibility index (Phi) is 4.75. The topological polar surface area (TPSA) is 115 Å². The third-order valence-corrected chi connectivity index (χ3v) is 6.98. The molecule has 8 nitrogen and oxygen atoms in total. The molecule has 3 heterocycles. The molecule has 1 N–H and O–H groups in total. The average Bonchev–Trinajstić information content (AvgIpc) is 3.35. The molecule has 1 amide bonds. The van der Waals surface area contributed by atoms with Crippen molar-refractivity contribution in [2.45, 2.75) is 11.8 Å². The highest BCUT2D eigenvalue weighted by atomic mass is 32.2. The fraction of sp³-hybridized carbons (Fsp3) is 0.0909. The molecule has 0 fully saturated rings. The van der Waals surface area contributed by atoms with E-state index in [1.165, 1.54) is 17.4 Å². The minimum absolute atomic E-state index is 0.204. The normalized spacial score (nSPS) is 11.8. The van der Waals surface area contributed by atoms with Crippen molar-refractivity contribution in [2.24, 2.45) is 0 Å². The summed E-state index contributed by atoms with van der Waals surface area (Å²) in [6.45, 7) is 1.75. The van der Waals surface area contributed by atoms with Gasteiger partial charge in [0.05, 0.1) is 37.4 Å². The molecule has 0 saturated carbocycles. The number of fused-ring (bicyclic) bond motifs is 2. The molecular weight excluding hydrogens is 448 g/mol. The lowest BCUT2D eigenvalue weighted by Crippen LogP contribution is -2.13. The second kappa shape index (κ2) is 7.50. The molecule has 2 aromatic carbocycles. The number of hydrogen-bond donors (Lipinski definition) is 1. The number of pyridine rings is 1. The second-order valence-electron chi connectivity index (χ2n) is 7.24. The van der Waals surface area contributed by atoms with Gasteiger partial charge in [-0.05, 0) is 31.2 Å². The Balaban J connectivity index is 1.55. The van der Waals surface area contributed by atoms with Gasteiger partial charge in [0, 0.05) is 11.8 Å². The Morgan fingerprint density at radius 2 is 1.84 bits per heavy atom. The number of sulfone groups is 1. The number of carbonyl (C=O) groups excluding carboxylic acids is 1.